The second-order valence-corrected chi connectivity index (χ2v) is 4.47. The lowest BCUT2D eigenvalue weighted by Crippen LogP contribution is -2.28. The van der Waals surface area contributed by atoms with Crippen molar-refractivity contribution in [3.63, 3.8) is 0 Å². The van der Waals surface area contributed by atoms with Crippen molar-refractivity contribution in [3.8, 4) is 5.75 Å². The van der Waals surface area contributed by atoms with Crippen LogP contribution >= 0.6 is 23.4 Å². The highest BCUT2D eigenvalue weighted by Crippen LogP contribution is 2.34. The Morgan fingerprint density at radius 3 is 3.23 bits per heavy atom. The molecular formula is C9H10ClNOS. The summed E-state index contributed by atoms with van der Waals surface area (Å²) >= 11 is 7.56. The van der Waals surface area contributed by atoms with Gasteiger partial charge in [-0.05, 0) is 18.2 Å². The first-order chi connectivity index (χ1) is 6.25. The van der Waals surface area contributed by atoms with Gasteiger partial charge in [-0.15, -0.1) is 11.8 Å². The number of benzene rings is 1. The molecule has 1 aliphatic rings. The number of thioether (sulfide) groups is 1. The zero-order valence-electron chi connectivity index (χ0n) is 7.00. The molecule has 1 aromatic rings. The molecule has 0 saturated heterocycles. The first kappa shape index (κ1) is 9.19. The van der Waals surface area contributed by atoms with Crippen molar-refractivity contribution in [1.29, 1.82) is 0 Å². The SMILES string of the molecule is NC1COc2ccc(Cl)cc2SC1. The van der Waals surface area contributed by atoms with Crippen LogP contribution in [0.5, 0.6) is 5.75 Å². The van der Waals surface area contributed by atoms with Crippen LogP contribution in [0.15, 0.2) is 23.1 Å². The molecule has 1 aliphatic heterocycles. The molecule has 2 rings (SSSR count). The molecule has 2 N–H and O–H groups in total. The van der Waals surface area contributed by atoms with E-state index in [1.165, 1.54) is 0 Å². The minimum atomic E-state index is 0.108. The summed E-state index contributed by atoms with van der Waals surface area (Å²) in [6.07, 6.45) is 0. The van der Waals surface area contributed by atoms with E-state index in [9.17, 15) is 0 Å². The Labute approximate surface area is 86.4 Å². The van der Waals surface area contributed by atoms with Crippen LogP contribution in [0.1, 0.15) is 0 Å². The average Bonchev–Trinajstić information content (AvgIpc) is 2.29. The Balaban J connectivity index is 2.30. The van der Waals surface area contributed by atoms with Gasteiger partial charge in [0.15, 0.2) is 0 Å². The lowest BCUT2D eigenvalue weighted by Gasteiger charge is -2.06. The van der Waals surface area contributed by atoms with Crippen molar-refractivity contribution in [3.05, 3.63) is 23.2 Å². The minimum absolute atomic E-state index is 0.108. The van der Waals surface area contributed by atoms with Crippen LogP contribution in [-0.2, 0) is 0 Å². The van der Waals surface area contributed by atoms with E-state index in [1.807, 2.05) is 18.2 Å². The third-order valence-electron chi connectivity index (χ3n) is 1.81. The molecule has 70 valence electrons. The van der Waals surface area contributed by atoms with E-state index in [1.54, 1.807) is 11.8 Å². The van der Waals surface area contributed by atoms with Crippen LogP contribution in [0.25, 0.3) is 0 Å². The maximum absolute atomic E-state index is 5.87. The number of fused-ring (bicyclic) bond motifs is 1. The number of nitrogens with two attached hydrogens (primary N) is 1. The van der Waals surface area contributed by atoms with Crippen LogP contribution in [0.4, 0.5) is 0 Å². The monoisotopic (exact) mass is 215 g/mol. The lowest BCUT2D eigenvalue weighted by molar-refractivity contribution is 0.295. The van der Waals surface area contributed by atoms with E-state index in [2.05, 4.69) is 0 Å². The molecule has 1 atom stereocenters. The Hall–Kier alpha value is -0.380. The molecule has 0 amide bonds. The predicted octanol–water partition coefficient (Wildman–Crippen LogP) is 2.15. The maximum atomic E-state index is 5.87. The maximum Gasteiger partial charge on any atom is 0.133 e. The lowest BCUT2D eigenvalue weighted by atomic mass is 10.3. The van der Waals surface area contributed by atoms with Gasteiger partial charge in [-0.3, -0.25) is 0 Å². The fraction of sp³-hybridized carbons (Fsp3) is 0.333. The van der Waals surface area contributed by atoms with Crippen molar-refractivity contribution in [2.45, 2.75) is 10.9 Å². The van der Waals surface area contributed by atoms with Crippen LogP contribution in [0, 0.1) is 0 Å². The van der Waals surface area contributed by atoms with Crippen LogP contribution in [0.2, 0.25) is 5.02 Å². The van der Waals surface area contributed by atoms with Gasteiger partial charge in [0.05, 0.1) is 4.90 Å². The van der Waals surface area contributed by atoms with E-state index in [0.29, 0.717) is 6.61 Å². The average molecular weight is 216 g/mol. The standard InChI is InChI=1S/C9H10ClNOS/c10-6-1-2-8-9(3-6)13-5-7(11)4-12-8/h1-3,7H,4-5,11H2. The van der Waals surface area contributed by atoms with Crippen LogP contribution in [-0.4, -0.2) is 18.4 Å². The summed E-state index contributed by atoms with van der Waals surface area (Å²) in [6, 6.07) is 5.75. The van der Waals surface area contributed by atoms with Gasteiger partial charge in [0.1, 0.15) is 12.4 Å². The summed E-state index contributed by atoms with van der Waals surface area (Å²) < 4.78 is 5.51. The molecule has 1 aromatic carbocycles. The topological polar surface area (TPSA) is 35.2 Å². The van der Waals surface area contributed by atoms with E-state index >= 15 is 0 Å². The molecule has 2 nitrogen and oxygen atoms in total. The van der Waals surface area contributed by atoms with Gasteiger partial charge in [-0.25, -0.2) is 0 Å². The molecule has 0 bridgehead atoms. The largest absolute Gasteiger partial charge is 0.491 e. The Kier molecular flexibility index (Phi) is 2.67. The van der Waals surface area contributed by atoms with Crippen molar-refractivity contribution in [1.82, 2.24) is 0 Å². The Morgan fingerprint density at radius 2 is 2.38 bits per heavy atom. The predicted molar refractivity (Wildman–Crippen MR) is 55.6 cm³/mol. The molecular weight excluding hydrogens is 206 g/mol. The third-order valence-corrected chi connectivity index (χ3v) is 3.27. The van der Waals surface area contributed by atoms with Gasteiger partial charge in [0.25, 0.3) is 0 Å². The number of rotatable bonds is 0. The Bertz CT molecular complexity index is 318. The zero-order chi connectivity index (χ0) is 9.26. The van der Waals surface area contributed by atoms with Gasteiger partial charge in [-0.2, -0.15) is 0 Å². The van der Waals surface area contributed by atoms with Crippen molar-refractivity contribution >= 4 is 23.4 Å². The van der Waals surface area contributed by atoms with E-state index in [4.69, 9.17) is 22.1 Å². The first-order valence-corrected chi connectivity index (χ1v) is 5.43. The van der Waals surface area contributed by atoms with Gasteiger partial charge < -0.3 is 10.5 Å². The highest BCUT2D eigenvalue weighted by atomic mass is 35.5. The van der Waals surface area contributed by atoms with Gasteiger partial charge in [0, 0.05) is 16.8 Å². The Morgan fingerprint density at radius 1 is 1.54 bits per heavy atom. The molecule has 0 aliphatic carbocycles. The van der Waals surface area contributed by atoms with Gasteiger partial charge in [0.2, 0.25) is 0 Å². The normalized spacial score (nSPS) is 21.5. The number of hydrogen-bond donors (Lipinski definition) is 1. The van der Waals surface area contributed by atoms with E-state index in [-0.39, 0.29) is 6.04 Å². The molecule has 1 unspecified atom stereocenters. The fourth-order valence-electron chi connectivity index (χ4n) is 1.16. The molecule has 4 heteroatoms. The second-order valence-electron chi connectivity index (χ2n) is 2.97. The summed E-state index contributed by atoms with van der Waals surface area (Å²) in [5.41, 5.74) is 5.77. The van der Waals surface area contributed by atoms with Gasteiger partial charge in [-0.1, -0.05) is 11.6 Å². The summed E-state index contributed by atoms with van der Waals surface area (Å²) in [5, 5.41) is 0.741. The van der Waals surface area contributed by atoms with E-state index in [0.717, 1.165) is 21.4 Å². The summed E-state index contributed by atoms with van der Waals surface area (Å²) in [7, 11) is 0. The molecule has 0 saturated carbocycles. The number of halogens is 1. The smallest absolute Gasteiger partial charge is 0.133 e. The molecule has 13 heavy (non-hydrogen) atoms. The van der Waals surface area contributed by atoms with Crippen LogP contribution in [0.3, 0.4) is 0 Å². The summed E-state index contributed by atoms with van der Waals surface area (Å²) in [4.78, 5) is 1.08. The second kappa shape index (κ2) is 3.78. The zero-order valence-corrected chi connectivity index (χ0v) is 8.57. The highest BCUT2D eigenvalue weighted by Gasteiger charge is 2.14. The minimum Gasteiger partial charge on any atom is -0.491 e. The van der Waals surface area contributed by atoms with Crippen molar-refractivity contribution in [2.75, 3.05) is 12.4 Å². The van der Waals surface area contributed by atoms with E-state index < -0.39 is 0 Å². The van der Waals surface area contributed by atoms with Gasteiger partial charge >= 0.3 is 0 Å². The molecule has 0 spiro atoms. The molecule has 0 aromatic heterocycles. The van der Waals surface area contributed by atoms with Crippen LogP contribution < -0.4 is 10.5 Å². The van der Waals surface area contributed by atoms with Crippen molar-refractivity contribution in [2.24, 2.45) is 5.73 Å². The summed E-state index contributed by atoms with van der Waals surface area (Å²) in [5.74, 6) is 1.77. The number of hydrogen-bond acceptors (Lipinski definition) is 3. The summed E-state index contributed by atoms with van der Waals surface area (Å²) in [6.45, 7) is 0.585. The fourth-order valence-corrected chi connectivity index (χ4v) is 2.36. The number of ether oxygens (including phenoxy) is 1. The first-order valence-electron chi connectivity index (χ1n) is 4.06. The molecule has 0 radical (unpaired) electrons. The quantitative estimate of drug-likeness (QED) is 0.721. The highest BCUT2D eigenvalue weighted by molar-refractivity contribution is 7.99. The molecule has 1 heterocycles. The molecule has 0 fully saturated rings. The van der Waals surface area contributed by atoms with Crippen molar-refractivity contribution < 1.29 is 4.74 Å². The third kappa shape index (κ3) is 2.10.